The summed E-state index contributed by atoms with van der Waals surface area (Å²) >= 11 is 0. The summed E-state index contributed by atoms with van der Waals surface area (Å²) < 4.78 is 28.8. The van der Waals surface area contributed by atoms with Gasteiger partial charge in [0.05, 0.1) is 16.7 Å². The van der Waals surface area contributed by atoms with Gasteiger partial charge in [-0.25, -0.2) is 13.4 Å². The number of aliphatic hydroxyl groups is 1. The summed E-state index contributed by atoms with van der Waals surface area (Å²) in [7, 11) is -3.18. The minimum absolute atomic E-state index is 0.196. The van der Waals surface area contributed by atoms with Crippen molar-refractivity contribution in [1.29, 1.82) is 0 Å². The van der Waals surface area contributed by atoms with Crippen LogP contribution in [0.4, 0.5) is 0 Å². The van der Waals surface area contributed by atoms with Crippen LogP contribution in [0.5, 0.6) is 0 Å². The van der Waals surface area contributed by atoms with Crippen molar-refractivity contribution in [2.24, 2.45) is 0 Å². The molecule has 1 aliphatic heterocycles. The van der Waals surface area contributed by atoms with Crippen LogP contribution in [0.3, 0.4) is 0 Å². The summed E-state index contributed by atoms with van der Waals surface area (Å²) in [5.74, 6) is 0.691. The minimum Gasteiger partial charge on any atom is -0.448 e. The smallest absolute Gasteiger partial charge is 0.198 e. The van der Waals surface area contributed by atoms with E-state index in [-0.39, 0.29) is 6.10 Å². The number of sulfone groups is 1. The summed E-state index contributed by atoms with van der Waals surface area (Å²) in [6.45, 7) is 2.57. The lowest BCUT2D eigenvalue weighted by Crippen LogP contribution is -2.24. The number of likely N-dealkylation sites (tertiary alicyclic amines) is 1. The number of β-amino-alcohol motifs (C(OH)–C–C–N with tert-alkyl or cyclic N) is 1. The van der Waals surface area contributed by atoms with E-state index in [1.165, 1.54) is 6.26 Å². The van der Waals surface area contributed by atoms with Crippen molar-refractivity contribution < 1.29 is 17.9 Å². The van der Waals surface area contributed by atoms with Crippen LogP contribution < -0.4 is 0 Å². The third-order valence-corrected chi connectivity index (χ3v) is 6.58. The molecule has 0 aliphatic carbocycles. The Bertz CT molecular complexity index is 1090. The largest absolute Gasteiger partial charge is 0.448 e. The van der Waals surface area contributed by atoms with E-state index >= 15 is 0 Å². The zero-order valence-electron chi connectivity index (χ0n) is 17.0. The van der Waals surface area contributed by atoms with E-state index in [0.717, 1.165) is 54.9 Å². The van der Waals surface area contributed by atoms with Crippen molar-refractivity contribution in [2.75, 3.05) is 25.9 Å². The molecule has 1 fully saturated rings. The van der Waals surface area contributed by atoms with Crippen LogP contribution in [0.15, 0.2) is 64.1 Å². The van der Waals surface area contributed by atoms with E-state index < -0.39 is 9.84 Å². The maximum absolute atomic E-state index is 11.6. The summed E-state index contributed by atoms with van der Waals surface area (Å²) in [5, 5.41) is 9.60. The third-order valence-electron chi connectivity index (χ3n) is 5.46. The molecule has 1 N–H and O–H groups in total. The molecule has 30 heavy (non-hydrogen) atoms. The molecule has 0 amide bonds. The van der Waals surface area contributed by atoms with E-state index in [9.17, 15) is 13.5 Å². The Morgan fingerprint density at radius 3 is 2.37 bits per heavy atom. The second kappa shape index (κ2) is 8.71. The van der Waals surface area contributed by atoms with Gasteiger partial charge in [0.2, 0.25) is 0 Å². The zero-order valence-corrected chi connectivity index (χ0v) is 17.8. The minimum atomic E-state index is -3.18. The molecule has 1 aliphatic rings. The monoisotopic (exact) mass is 426 g/mol. The lowest BCUT2D eigenvalue weighted by atomic mass is 10.0. The Kier molecular flexibility index (Phi) is 6.04. The van der Waals surface area contributed by atoms with Gasteiger partial charge in [0, 0.05) is 38.7 Å². The topological polar surface area (TPSA) is 83.6 Å². The zero-order chi connectivity index (χ0) is 21.1. The van der Waals surface area contributed by atoms with Crippen molar-refractivity contribution in [1.82, 2.24) is 9.88 Å². The van der Waals surface area contributed by atoms with Crippen LogP contribution in [-0.2, 0) is 22.7 Å². The summed E-state index contributed by atoms with van der Waals surface area (Å²) in [6, 6.07) is 15.0. The maximum Gasteiger partial charge on any atom is 0.198 e. The SMILES string of the molecule is CS(=O)(=O)c1ccc(-c2ccc(Cc3nc(CCN4CC[C@H](O)C4)co3)cc2)cc1. The predicted molar refractivity (Wildman–Crippen MR) is 115 cm³/mol. The van der Waals surface area contributed by atoms with Crippen molar-refractivity contribution in [2.45, 2.75) is 30.3 Å². The maximum atomic E-state index is 11.6. The molecule has 0 unspecified atom stereocenters. The highest BCUT2D eigenvalue weighted by atomic mass is 32.2. The Balaban J connectivity index is 1.35. The van der Waals surface area contributed by atoms with Crippen molar-refractivity contribution in [3.05, 3.63) is 71.9 Å². The molecule has 0 radical (unpaired) electrons. The highest BCUT2D eigenvalue weighted by Gasteiger charge is 2.20. The van der Waals surface area contributed by atoms with Gasteiger partial charge >= 0.3 is 0 Å². The average Bonchev–Trinajstić information content (AvgIpc) is 3.35. The van der Waals surface area contributed by atoms with E-state index in [2.05, 4.69) is 9.88 Å². The second-order valence-corrected chi connectivity index (χ2v) is 9.91. The lowest BCUT2D eigenvalue weighted by Gasteiger charge is -2.12. The van der Waals surface area contributed by atoms with E-state index in [0.29, 0.717) is 17.2 Å². The molecule has 7 heteroatoms. The highest BCUT2D eigenvalue weighted by molar-refractivity contribution is 7.90. The Morgan fingerprint density at radius 1 is 1.10 bits per heavy atom. The molecule has 1 atom stereocenters. The number of aromatic nitrogens is 1. The van der Waals surface area contributed by atoms with Crippen LogP contribution in [0, 0.1) is 0 Å². The molecule has 0 bridgehead atoms. The molecule has 2 aromatic carbocycles. The van der Waals surface area contributed by atoms with Gasteiger partial charge in [-0.2, -0.15) is 0 Å². The van der Waals surface area contributed by atoms with Crippen molar-refractivity contribution in [3.8, 4) is 11.1 Å². The highest BCUT2D eigenvalue weighted by Crippen LogP contribution is 2.23. The van der Waals surface area contributed by atoms with Gasteiger partial charge in [-0.3, -0.25) is 0 Å². The van der Waals surface area contributed by atoms with Gasteiger partial charge < -0.3 is 14.4 Å². The quantitative estimate of drug-likeness (QED) is 0.625. The van der Waals surface area contributed by atoms with E-state index in [4.69, 9.17) is 4.42 Å². The Morgan fingerprint density at radius 2 is 1.77 bits per heavy atom. The average molecular weight is 427 g/mol. The van der Waals surface area contributed by atoms with Crippen molar-refractivity contribution in [3.63, 3.8) is 0 Å². The van der Waals surface area contributed by atoms with Gasteiger partial charge in [-0.05, 0) is 35.2 Å². The van der Waals surface area contributed by atoms with E-state index in [1.807, 2.05) is 36.4 Å². The lowest BCUT2D eigenvalue weighted by molar-refractivity contribution is 0.176. The molecule has 1 aromatic heterocycles. The molecular formula is C23H26N2O4S. The van der Waals surface area contributed by atoms with Crippen LogP contribution in [0.1, 0.15) is 23.6 Å². The molecule has 0 saturated carbocycles. The van der Waals surface area contributed by atoms with Gasteiger partial charge in [-0.1, -0.05) is 36.4 Å². The van der Waals surface area contributed by atoms with Crippen molar-refractivity contribution >= 4 is 9.84 Å². The fraction of sp³-hybridized carbons (Fsp3) is 0.348. The molecule has 6 nitrogen and oxygen atoms in total. The molecule has 158 valence electrons. The number of nitrogens with zero attached hydrogens (tertiary/aromatic N) is 2. The fourth-order valence-corrected chi connectivity index (χ4v) is 4.35. The summed E-state index contributed by atoms with van der Waals surface area (Å²) in [6.07, 6.45) is 5.02. The van der Waals surface area contributed by atoms with Gasteiger partial charge in [0.15, 0.2) is 15.7 Å². The normalized spacial score (nSPS) is 17.5. The number of aliphatic hydroxyl groups excluding tert-OH is 1. The van der Waals surface area contributed by atoms with Crippen LogP contribution in [0.2, 0.25) is 0 Å². The first-order valence-corrected chi connectivity index (χ1v) is 12.0. The first kappa shape index (κ1) is 20.8. The van der Waals surface area contributed by atoms with Gasteiger partial charge in [0.25, 0.3) is 0 Å². The molecule has 1 saturated heterocycles. The standard InChI is InChI=1S/C23H26N2O4S/c1-30(27,28)22-8-6-19(7-9-22)18-4-2-17(3-5-18)14-23-24-20(16-29-23)10-12-25-13-11-21(26)15-25/h2-9,16,21,26H,10-15H2,1H3/t21-/m0/s1. The van der Waals surface area contributed by atoms with Crippen LogP contribution in [-0.4, -0.2) is 55.4 Å². The Labute approximate surface area is 177 Å². The van der Waals surface area contributed by atoms with Gasteiger partial charge in [0.1, 0.15) is 6.26 Å². The molecule has 3 aromatic rings. The molecule has 2 heterocycles. The fourth-order valence-electron chi connectivity index (χ4n) is 3.72. The number of hydrogen-bond donors (Lipinski definition) is 1. The summed E-state index contributed by atoms with van der Waals surface area (Å²) in [4.78, 5) is 7.16. The number of benzene rings is 2. The molecular weight excluding hydrogens is 400 g/mol. The third kappa shape index (κ3) is 5.16. The first-order valence-electron chi connectivity index (χ1n) is 10.1. The van der Waals surface area contributed by atoms with E-state index in [1.54, 1.807) is 18.4 Å². The molecule has 4 rings (SSSR count). The first-order chi connectivity index (χ1) is 14.4. The molecule has 0 spiro atoms. The summed E-state index contributed by atoms with van der Waals surface area (Å²) in [5.41, 5.74) is 4.04. The Hall–Kier alpha value is -2.48. The predicted octanol–water partition coefficient (Wildman–Crippen LogP) is 2.95. The number of rotatable bonds is 7. The van der Waals surface area contributed by atoms with Crippen LogP contribution in [0.25, 0.3) is 11.1 Å². The van der Waals surface area contributed by atoms with Gasteiger partial charge in [-0.15, -0.1) is 0 Å². The van der Waals surface area contributed by atoms with Crippen LogP contribution >= 0.6 is 0 Å². The number of hydrogen-bond acceptors (Lipinski definition) is 6. The number of oxazole rings is 1. The second-order valence-electron chi connectivity index (χ2n) is 7.90.